The van der Waals surface area contributed by atoms with Crippen LogP contribution >= 0.6 is 0 Å². The summed E-state index contributed by atoms with van der Waals surface area (Å²) in [5.74, 6) is 0.0723. The van der Waals surface area contributed by atoms with Crippen molar-refractivity contribution in [2.45, 2.75) is 11.8 Å². The summed E-state index contributed by atoms with van der Waals surface area (Å²) in [7, 11) is -3.71. The summed E-state index contributed by atoms with van der Waals surface area (Å²) in [6.45, 7) is 1.88. The topological polar surface area (TPSA) is 97.4 Å². The fourth-order valence-electron chi connectivity index (χ4n) is 1.47. The molecule has 1 aromatic heterocycles. The standard InChI is InChI=1S/C13H14N4O2S/c1-10-2-4-12(5-3-10)20(18,19)17-16-13(14)11-6-8-15-9-7-11/h2-9,17H,1H3,(H2,14,16). The minimum absolute atomic E-state index is 0.0723. The number of hydrogen-bond acceptors (Lipinski definition) is 4. The van der Waals surface area contributed by atoms with Crippen LogP contribution in [0.4, 0.5) is 0 Å². The number of hydrazone groups is 1. The van der Waals surface area contributed by atoms with Crippen LogP contribution in [0, 0.1) is 6.92 Å². The Balaban J connectivity index is 2.19. The number of nitrogens with one attached hydrogen (secondary N) is 1. The Morgan fingerprint density at radius 3 is 2.35 bits per heavy atom. The molecule has 2 rings (SSSR count). The van der Waals surface area contributed by atoms with Gasteiger partial charge in [0, 0.05) is 18.0 Å². The molecular formula is C13H14N4O2S. The van der Waals surface area contributed by atoms with Crippen molar-refractivity contribution in [1.82, 2.24) is 9.82 Å². The van der Waals surface area contributed by atoms with E-state index in [4.69, 9.17) is 5.73 Å². The van der Waals surface area contributed by atoms with Gasteiger partial charge in [0.25, 0.3) is 10.0 Å². The van der Waals surface area contributed by atoms with Gasteiger partial charge in [-0.15, -0.1) is 5.10 Å². The van der Waals surface area contributed by atoms with Crippen LogP contribution in [0.1, 0.15) is 11.1 Å². The average Bonchev–Trinajstić information content (AvgIpc) is 2.46. The minimum atomic E-state index is -3.71. The molecule has 0 amide bonds. The van der Waals surface area contributed by atoms with Crippen LogP contribution in [-0.4, -0.2) is 19.2 Å². The van der Waals surface area contributed by atoms with Crippen LogP contribution < -0.4 is 10.6 Å². The predicted molar refractivity (Wildman–Crippen MR) is 76.5 cm³/mol. The fourth-order valence-corrected chi connectivity index (χ4v) is 2.28. The first kappa shape index (κ1) is 14.0. The molecule has 7 heteroatoms. The van der Waals surface area contributed by atoms with E-state index in [0.717, 1.165) is 5.56 Å². The van der Waals surface area contributed by atoms with Gasteiger partial charge in [-0.2, -0.15) is 13.2 Å². The number of hydrogen-bond donors (Lipinski definition) is 2. The summed E-state index contributed by atoms with van der Waals surface area (Å²) in [5, 5.41) is 3.69. The predicted octanol–water partition coefficient (Wildman–Crippen LogP) is 0.989. The lowest BCUT2D eigenvalue weighted by molar-refractivity contribution is 0.584. The summed E-state index contributed by atoms with van der Waals surface area (Å²) >= 11 is 0. The van der Waals surface area contributed by atoms with Gasteiger partial charge in [-0.3, -0.25) is 4.98 Å². The Morgan fingerprint density at radius 1 is 1.15 bits per heavy atom. The van der Waals surface area contributed by atoms with Gasteiger partial charge in [0.2, 0.25) is 0 Å². The molecule has 0 radical (unpaired) electrons. The van der Waals surface area contributed by atoms with Crippen molar-refractivity contribution >= 4 is 15.9 Å². The van der Waals surface area contributed by atoms with E-state index in [9.17, 15) is 8.42 Å². The van der Waals surface area contributed by atoms with Crippen molar-refractivity contribution in [1.29, 1.82) is 0 Å². The maximum atomic E-state index is 12.0. The number of nitrogens with zero attached hydrogens (tertiary/aromatic N) is 2. The maximum Gasteiger partial charge on any atom is 0.276 e. The van der Waals surface area contributed by atoms with Crippen molar-refractivity contribution < 1.29 is 8.42 Å². The van der Waals surface area contributed by atoms with Gasteiger partial charge in [0.15, 0.2) is 5.84 Å². The van der Waals surface area contributed by atoms with Crippen molar-refractivity contribution in [3.8, 4) is 0 Å². The van der Waals surface area contributed by atoms with E-state index in [1.54, 1.807) is 36.7 Å². The third kappa shape index (κ3) is 3.33. The summed E-state index contributed by atoms with van der Waals surface area (Å²) in [5.41, 5.74) is 7.26. The van der Waals surface area contributed by atoms with Gasteiger partial charge < -0.3 is 5.73 Å². The van der Waals surface area contributed by atoms with Crippen LogP contribution in [0.15, 0.2) is 58.8 Å². The molecule has 0 atom stereocenters. The highest BCUT2D eigenvalue weighted by molar-refractivity contribution is 7.89. The van der Waals surface area contributed by atoms with Gasteiger partial charge >= 0.3 is 0 Å². The molecule has 20 heavy (non-hydrogen) atoms. The van der Waals surface area contributed by atoms with Crippen molar-refractivity contribution in [2.75, 3.05) is 0 Å². The number of benzene rings is 1. The Bertz CT molecular complexity index is 710. The Hall–Kier alpha value is -2.41. The van der Waals surface area contributed by atoms with Gasteiger partial charge in [-0.05, 0) is 31.2 Å². The molecule has 0 aliphatic heterocycles. The highest BCUT2D eigenvalue weighted by Gasteiger charge is 2.12. The number of aromatic nitrogens is 1. The monoisotopic (exact) mass is 290 g/mol. The number of rotatable bonds is 4. The Morgan fingerprint density at radius 2 is 1.75 bits per heavy atom. The number of aryl methyl sites for hydroxylation is 1. The lowest BCUT2D eigenvalue weighted by Crippen LogP contribution is -2.24. The van der Waals surface area contributed by atoms with Crippen LogP contribution in [0.2, 0.25) is 0 Å². The zero-order valence-electron chi connectivity index (χ0n) is 10.8. The Kier molecular flexibility index (Phi) is 3.99. The summed E-state index contributed by atoms with van der Waals surface area (Å²) in [6.07, 6.45) is 3.10. The van der Waals surface area contributed by atoms with Crippen LogP contribution in [0.3, 0.4) is 0 Å². The number of sulfonamides is 1. The third-order valence-corrected chi connectivity index (χ3v) is 3.82. The first-order chi connectivity index (χ1) is 9.49. The van der Waals surface area contributed by atoms with E-state index in [-0.39, 0.29) is 10.7 Å². The first-order valence-electron chi connectivity index (χ1n) is 5.81. The molecule has 0 saturated heterocycles. The molecule has 104 valence electrons. The van der Waals surface area contributed by atoms with E-state index in [1.807, 2.05) is 6.92 Å². The van der Waals surface area contributed by atoms with Crippen molar-refractivity contribution in [2.24, 2.45) is 10.8 Å². The SMILES string of the molecule is Cc1ccc(S(=O)(=O)NN=C(N)c2ccncc2)cc1. The zero-order chi connectivity index (χ0) is 14.6. The lowest BCUT2D eigenvalue weighted by atomic mass is 10.2. The van der Waals surface area contributed by atoms with Crippen molar-refractivity contribution in [3.63, 3.8) is 0 Å². The molecule has 2 aromatic rings. The molecule has 0 aliphatic carbocycles. The largest absolute Gasteiger partial charge is 0.382 e. The van der Waals surface area contributed by atoms with Gasteiger partial charge in [-0.1, -0.05) is 17.7 Å². The smallest absolute Gasteiger partial charge is 0.276 e. The highest BCUT2D eigenvalue weighted by Crippen LogP contribution is 2.09. The highest BCUT2D eigenvalue weighted by atomic mass is 32.2. The molecule has 0 fully saturated rings. The molecule has 0 saturated carbocycles. The van der Waals surface area contributed by atoms with E-state index in [0.29, 0.717) is 5.56 Å². The average molecular weight is 290 g/mol. The van der Waals surface area contributed by atoms with E-state index >= 15 is 0 Å². The van der Waals surface area contributed by atoms with Crippen LogP contribution in [0.25, 0.3) is 0 Å². The van der Waals surface area contributed by atoms with E-state index in [2.05, 4.69) is 14.9 Å². The van der Waals surface area contributed by atoms with Crippen LogP contribution in [0.5, 0.6) is 0 Å². The third-order valence-electron chi connectivity index (χ3n) is 2.59. The first-order valence-corrected chi connectivity index (χ1v) is 7.29. The fraction of sp³-hybridized carbons (Fsp3) is 0.0769. The van der Waals surface area contributed by atoms with Crippen molar-refractivity contribution in [3.05, 3.63) is 59.9 Å². The molecule has 1 aromatic carbocycles. The molecule has 1 heterocycles. The Labute approximate surface area is 117 Å². The number of nitrogens with two attached hydrogens (primary N) is 1. The maximum absolute atomic E-state index is 12.0. The van der Waals surface area contributed by atoms with Gasteiger partial charge in [0.1, 0.15) is 0 Å². The molecular weight excluding hydrogens is 276 g/mol. The summed E-state index contributed by atoms with van der Waals surface area (Å²) in [6, 6.07) is 9.72. The summed E-state index contributed by atoms with van der Waals surface area (Å²) in [4.78, 5) is 6.08. The van der Waals surface area contributed by atoms with Crippen LogP contribution in [-0.2, 0) is 10.0 Å². The van der Waals surface area contributed by atoms with Gasteiger partial charge in [0.05, 0.1) is 4.90 Å². The molecule has 0 bridgehead atoms. The quantitative estimate of drug-likeness (QED) is 0.498. The second-order valence-corrected chi connectivity index (χ2v) is 5.80. The molecule has 0 spiro atoms. The van der Waals surface area contributed by atoms with E-state index in [1.165, 1.54) is 12.1 Å². The number of amidine groups is 1. The molecule has 6 nitrogen and oxygen atoms in total. The zero-order valence-corrected chi connectivity index (χ0v) is 11.6. The lowest BCUT2D eigenvalue weighted by Gasteiger charge is -2.05. The summed E-state index contributed by atoms with van der Waals surface area (Å²) < 4.78 is 24.0. The molecule has 0 aliphatic rings. The number of pyridine rings is 1. The minimum Gasteiger partial charge on any atom is -0.382 e. The normalized spacial score (nSPS) is 12.2. The molecule has 3 N–H and O–H groups in total. The van der Waals surface area contributed by atoms with E-state index < -0.39 is 10.0 Å². The second kappa shape index (κ2) is 5.70. The molecule has 0 unspecified atom stereocenters. The second-order valence-electron chi connectivity index (χ2n) is 4.14. The van der Waals surface area contributed by atoms with Gasteiger partial charge in [-0.25, -0.2) is 0 Å².